The van der Waals surface area contributed by atoms with Crippen molar-refractivity contribution in [2.45, 2.75) is 24.0 Å². The zero-order valence-corrected chi connectivity index (χ0v) is 19.1. The predicted octanol–water partition coefficient (Wildman–Crippen LogP) is 4.91. The molecule has 0 aromatic heterocycles. The van der Waals surface area contributed by atoms with Crippen LogP contribution in [0, 0.1) is 0 Å². The van der Waals surface area contributed by atoms with E-state index in [0.717, 1.165) is 0 Å². The van der Waals surface area contributed by atoms with Gasteiger partial charge in [-0.1, -0.05) is 72.8 Å². The van der Waals surface area contributed by atoms with E-state index in [0.29, 0.717) is 5.75 Å². The SMILES string of the molecule is CC(F)(F)C(F)(F)C(F)(F)S(=O)(=O)O.Oc1ccc(P(c2ccccc2)c2ccccc2)cc1. The molecule has 2 N–H and O–H groups in total. The molecule has 3 aromatic carbocycles. The summed E-state index contributed by atoms with van der Waals surface area (Å²) in [4.78, 5) is 0. The fourth-order valence-corrected chi connectivity index (χ4v) is 5.41. The quantitative estimate of drug-likeness (QED) is 0.273. The number of hydrogen-bond acceptors (Lipinski definition) is 3. The highest BCUT2D eigenvalue weighted by Crippen LogP contribution is 2.47. The average molecular weight is 524 g/mol. The van der Waals surface area contributed by atoms with Gasteiger partial charge in [0.25, 0.3) is 0 Å². The van der Waals surface area contributed by atoms with Gasteiger partial charge in [-0.2, -0.15) is 34.8 Å². The minimum atomic E-state index is -6.61. The molecule has 0 aliphatic rings. The van der Waals surface area contributed by atoms with Crippen molar-refractivity contribution in [3.63, 3.8) is 0 Å². The maximum atomic E-state index is 12.2. The molecule has 0 atom stereocenters. The van der Waals surface area contributed by atoms with Crippen molar-refractivity contribution >= 4 is 34.0 Å². The molecule has 0 radical (unpaired) electrons. The molecule has 0 amide bonds. The van der Waals surface area contributed by atoms with Gasteiger partial charge >= 0.3 is 27.2 Å². The van der Waals surface area contributed by atoms with Crippen molar-refractivity contribution in [2.24, 2.45) is 0 Å². The molecule has 0 saturated carbocycles. The smallest absolute Gasteiger partial charge is 0.437 e. The van der Waals surface area contributed by atoms with Crippen LogP contribution in [0.2, 0.25) is 0 Å². The van der Waals surface area contributed by atoms with Crippen LogP contribution in [0.25, 0.3) is 0 Å². The van der Waals surface area contributed by atoms with E-state index in [1.807, 2.05) is 24.3 Å². The first-order chi connectivity index (χ1) is 15.6. The molecule has 4 nitrogen and oxygen atoms in total. The van der Waals surface area contributed by atoms with Crippen LogP contribution in [0.15, 0.2) is 84.9 Å². The average Bonchev–Trinajstić information content (AvgIpc) is 2.76. The minimum absolute atomic E-state index is 0.310. The van der Waals surface area contributed by atoms with Gasteiger partial charge in [0.05, 0.1) is 0 Å². The Hall–Kier alpha value is -2.62. The molecular formula is C22H19F6O4PS. The van der Waals surface area contributed by atoms with E-state index in [-0.39, 0.29) is 0 Å². The van der Waals surface area contributed by atoms with Crippen LogP contribution in [0.1, 0.15) is 6.92 Å². The van der Waals surface area contributed by atoms with E-state index in [2.05, 4.69) is 48.5 Å². The topological polar surface area (TPSA) is 74.6 Å². The second-order valence-electron chi connectivity index (χ2n) is 6.98. The summed E-state index contributed by atoms with van der Waals surface area (Å²) in [6.07, 6.45) is 0. The number of hydrogen-bond donors (Lipinski definition) is 2. The first-order valence-corrected chi connectivity index (χ1v) is 12.2. The van der Waals surface area contributed by atoms with Crippen molar-refractivity contribution < 1.29 is 44.4 Å². The van der Waals surface area contributed by atoms with E-state index in [4.69, 9.17) is 4.55 Å². The van der Waals surface area contributed by atoms with E-state index in [1.54, 1.807) is 12.1 Å². The maximum Gasteiger partial charge on any atom is 0.437 e. The molecule has 0 aliphatic carbocycles. The summed E-state index contributed by atoms with van der Waals surface area (Å²) < 4.78 is 99.6. The van der Waals surface area contributed by atoms with E-state index in [1.165, 1.54) is 15.9 Å². The fourth-order valence-electron chi connectivity index (χ4n) is 2.62. The van der Waals surface area contributed by atoms with Crippen LogP contribution in [0.3, 0.4) is 0 Å². The number of phenols is 1. The maximum absolute atomic E-state index is 12.2. The second-order valence-corrected chi connectivity index (χ2v) is 10.7. The van der Waals surface area contributed by atoms with Gasteiger partial charge < -0.3 is 5.11 Å². The van der Waals surface area contributed by atoms with Gasteiger partial charge in [0.15, 0.2) is 0 Å². The molecular weight excluding hydrogens is 505 g/mol. The van der Waals surface area contributed by atoms with E-state index >= 15 is 0 Å². The lowest BCUT2D eigenvalue weighted by Crippen LogP contribution is -2.56. The Balaban J connectivity index is 0.000000259. The zero-order chi connectivity index (χ0) is 25.8. The first-order valence-electron chi connectivity index (χ1n) is 9.39. The van der Waals surface area contributed by atoms with Crippen molar-refractivity contribution in [3.8, 4) is 5.75 Å². The van der Waals surface area contributed by atoms with Crippen LogP contribution in [-0.4, -0.2) is 35.2 Å². The van der Waals surface area contributed by atoms with Gasteiger partial charge in [-0.05, 0) is 36.0 Å². The van der Waals surface area contributed by atoms with Crippen molar-refractivity contribution in [2.75, 3.05) is 0 Å². The highest BCUT2D eigenvalue weighted by Gasteiger charge is 2.75. The number of halogens is 6. The van der Waals surface area contributed by atoms with Gasteiger partial charge in [0.1, 0.15) is 5.75 Å². The molecule has 34 heavy (non-hydrogen) atoms. The zero-order valence-electron chi connectivity index (χ0n) is 17.4. The Morgan fingerprint density at radius 2 is 1.03 bits per heavy atom. The molecule has 0 aliphatic heterocycles. The summed E-state index contributed by atoms with van der Waals surface area (Å²) in [6.45, 7) is -0.591. The largest absolute Gasteiger partial charge is 0.508 e. The molecule has 0 spiro atoms. The van der Waals surface area contributed by atoms with Crippen LogP contribution >= 0.6 is 7.92 Å². The molecule has 0 fully saturated rings. The highest BCUT2D eigenvalue weighted by molar-refractivity contribution is 7.87. The number of aromatic hydroxyl groups is 1. The fraction of sp³-hybridized carbons (Fsp3) is 0.182. The third kappa shape index (κ3) is 6.08. The van der Waals surface area contributed by atoms with Crippen molar-refractivity contribution in [1.29, 1.82) is 0 Å². The normalized spacial score (nSPS) is 12.7. The predicted molar refractivity (Wildman–Crippen MR) is 119 cm³/mol. The number of phenolic OH excluding ortho intramolecular Hbond substituents is 1. The Morgan fingerprint density at radius 1 is 0.676 bits per heavy atom. The van der Waals surface area contributed by atoms with Crippen LogP contribution in [-0.2, 0) is 10.1 Å². The molecule has 0 unspecified atom stereocenters. The van der Waals surface area contributed by atoms with Crippen molar-refractivity contribution in [1.82, 2.24) is 0 Å². The number of benzene rings is 3. The molecule has 3 rings (SSSR count). The van der Waals surface area contributed by atoms with E-state index in [9.17, 15) is 39.9 Å². The summed E-state index contributed by atoms with van der Waals surface area (Å²) >= 11 is 0. The molecule has 184 valence electrons. The molecule has 3 aromatic rings. The van der Waals surface area contributed by atoms with Gasteiger partial charge in [-0.15, -0.1) is 0 Å². The lowest BCUT2D eigenvalue weighted by Gasteiger charge is -2.28. The summed E-state index contributed by atoms with van der Waals surface area (Å²) in [7, 11) is -7.18. The lowest BCUT2D eigenvalue weighted by molar-refractivity contribution is -0.273. The Labute approximate surface area is 193 Å². The summed E-state index contributed by atoms with van der Waals surface area (Å²) in [5, 5.41) is 7.13. The van der Waals surface area contributed by atoms with Crippen LogP contribution < -0.4 is 15.9 Å². The Kier molecular flexibility index (Phi) is 8.39. The highest BCUT2D eigenvalue weighted by atomic mass is 32.2. The van der Waals surface area contributed by atoms with Crippen LogP contribution in [0.4, 0.5) is 26.3 Å². The third-order valence-corrected chi connectivity index (χ3v) is 7.73. The van der Waals surface area contributed by atoms with Gasteiger partial charge in [-0.25, -0.2) is 0 Å². The van der Waals surface area contributed by atoms with Gasteiger partial charge in [0, 0.05) is 6.92 Å². The standard InChI is InChI=1S/C18H15OP.C4H4F6O3S/c19-15-11-13-18(14-12-15)20(16-7-3-1-4-8-16)17-9-5-2-6-10-17;1-2(5,6)3(7,8)4(9,10)14(11,12)13/h1-14,19H;1H3,(H,11,12,13). The summed E-state index contributed by atoms with van der Waals surface area (Å²) in [5.41, 5.74) is 0. The Bertz CT molecular complexity index is 1130. The molecule has 12 heteroatoms. The third-order valence-electron chi connectivity index (χ3n) is 4.38. The summed E-state index contributed by atoms with van der Waals surface area (Å²) in [6, 6.07) is 28.6. The molecule has 0 saturated heterocycles. The Morgan fingerprint density at radius 3 is 1.32 bits per heavy atom. The monoisotopic (exact) mass is 524 g/mol. The molecule has 0 heterocycles. The number of rotatable bonds is 6. The minimum Gasteiger partial charge on any atom is -0.508 e. The van der Waals surface area contributed by atoms with E-state index < -0.39 is 42.1 Å². The van der Waals surface area contributed by atoms with Gasteiger partial charge in [-0.3, -0.25) is 4.55 Å². The first kappa shape index (κ1) is 27.6. The number of alkyl halides is 6. The van der Waals surface area contributed by atoms with Gasteiger partial charge in [0.2, 0.25) is 0 Å². The molecule has 0 bridgehead atoms. The lowest BCUT2D eigenvalue weighted by atomic mass is 10.2. The summed E-state index contributed by atoms with van der Waals surface area (Å²) in [5.74, 6) is -11.2. The van der Waals surface area contributed by atoms with Crippen LogP contribution in [0.5, 0.6) is 5.75 Å². The second kappa shape index (κ2) is 10.3. The van der Waals surface area contributed by atoms with Crippen molar-refractivity contribution in [3.05, 3.63) is 84.9 Å².